The van der Waals surface area contributed by atoms with E-state index in [0.29, 0.717) is 25.9 Å². The summed E-state index contributed by atoms with van der Waals surface area (Å²) < 4.78 is 5.45. The van der Waals surface area contributed by atoms with E-state index in [9.17, 15) is 19.8 Å². The zero-order valence-electron chi connectivity index (χ0n) is 40.2. The Hall–Kier alpha value is -1.66. The van der Waals surface area contributed by atoms with E-state index >= 15 is 0 Å². The van der Waals surface area contributed by atoms with Crippen molar-refractivity contribution < 1.29 is 24.5 Å². The van der Waals surface area contributed by atoms with Crippen molar-refractivity contribution in [2.45, 2.75) is 296 Å². The SMILES string of the molecule is CCCCCCCCCCCCCCCCC(=O)OCCCCC/C=C\C/C=C\CCCCCCCCCC(=O)NC(CO)C(O)CCCCCCCCCCCCCC. The molecule has 0 aromatic carbocycles. The molecule has 0 radical (unpaired) electrons. The van der Waals surface area contributed by atoms with Crippen LogP contribution in [0.4, 0.5) is 0 Å². The number of aliphatic hydroxyl groups excluding tert-OH is 2. The second-order valence-electron chi connectivity index (χ2n) is 18.2. The van der Waals surface area contributed by atoms with Crippen LogP contribution in [-0.2, 0) is 14.3 Å². The molecule has 0 heterocycles. The molecule has 0 aliphatic carbocycles. The molecule has 0 aromatic heterocycles. The van der Waals surface area contributed by atoms with Gasteiger partial charge in [-0.05, 0) is 64.2 Å². The monoisotopic (exact) mass is 846 g/mol. The molecule has 2 atom stereocenters. The molecule has 0 bridgehead atoms. The number of hydrogen-bond acceptors (Lipinski definition) is 5. The first-order valence-corrected chi connectivity index (χ1v) is 26.6. The lowest BCUT2D eigenvalue weighted by Gasteiger charge is -2.22. The maximum atomic E-state index is 12.4. The fourth-order valence-electron chi connectivity index (χ4n) is 8.14. The standard InChI is InChI=1S/C54H103NO5/c1-3-5-7-9-11-13-15-17-24-28-32-36-40-44-48-54(59)60-49-45-41-37-33-29-25-22-20-18-19-21-23-27-31-35-39-43-47-53(58)55-51(50-56)52(57)46-42-38-34-30-26-16-14-12-10-8-6-4-2/h18,20,25,29,51-52,56-57H,3-17,19,21-24,26-28,30-50H2,1-2H3,(H,55,58)/b20-18-,29-25-. The van der Waals surface area contributed by atoms with Crippen LogP contribution in [0.15, 0.2) is 24.3 Å². The molecule has 2 unspecified atom stereocenters. The van der Waals surface area contributed by atoms with Crippen molar-refractivity contribution in [2.75, 3.05) is 13.2 Å². The molecule has 0 aromatic rings. The summed E-state index contributed by atoms with van der Waals surface area (Å²) in [5.41, 5.74) is 0. The van der Waals surface area contributed by atoms with Gasteiger partial charge in [-0.3, -0.25) is 9.59 Å². The third-order valence-electron chi connectivity index (χ3n) is 12.3. The highest BCUT2D eigenvalue weighted by Crippen LogP contribution is 2.16. The molecule has 0 aliphatic rings. The summed E-state index contributed by atoms with van der Waals surface area (Å²) in [7, 11) is 0. The van der Waals surface area contributed by atoms with Crippen LogP contribution < -0.4 is 5.32 Å². The lowest BCUT2D eigenvalue weighted by atomic mass is 10.0. The fourth-order valence-corrected chi connectivity index (χ4v) is 8.14. The van der Waals surface area contributed by atoms with Gasteiger partial charge in [0.25, 0.3) is 0 Å². The summed E-state index contributed by atoms with van der Waals surface area (Å²) in [4.78, 5) is 24.4. The van der Waals surface area contributed by atoms with E-state index in [1.54, 1.807) is 0 Å². The lowest BCUT2D eigenvalue weighted by Crippen LogP contribution is -2.45. The predicted molar refractivity (Wildman–Crippen MR) is 260 cm³/mol. The highest BCUT2D eigenvalue weighted by molar-refractivity contribution is 5.76. The van der Waals surface area contributed by atoms with Crippen molar-refractivity contribution in [3.05, 3.63) is 24.3 Å². The molecule has 0 saturated heterocycles. The molecule has 0 fully saturated rings. The first-order chi connectivity index (χ1) is 29.5. The number of allylic oxidation sites excluding steroid dienone is 4. The molecule has 3 N–H and O–H groups in total. The summed E-state index contributed by atoms with van der Waals surface area (Å²) in [5, 5.41) is 23.2. The number of rotatable bonds is 49. The van der Waals surface area contributed by atoms with Crippen molar-refractivity contribution in [3.8, 4) is 0 Å². The Morgan fingerprint density at radius 2 is 0.833 bits per heavy atom. The molecule has 354 valence electrons. The zero-order chi connectivity index (χ0) is 43.7. The van der Waals surface area contributed by atoms with Crippen LogP contribution in [0, 0.1) is 0 Å². The lowest BCUT2D eigenvalue weighted by molar-refractivity contribution is -0.143. The van der Waals surface area contributed by atoms with Crippen molar-refractivity contribution in [2.24, 2.45) is 0 Å². The number of hydrogen-bond donors (Lipinski definition) is 3. The Morgan fingerprint density at radius 1 is 0.467 bits per heavy atom. The Morgan fingerprint density at radius 3 is 1.27 bits per heavy atom. The van der Waals surface area contributed by atoms with Crippen LogP contribution in [0.5, 0.6) is 0 Å². The summed E-state index contributed by atoms with van der Waals surface area (Å²) in [6.45, 7) is 4.90. The summed E-state index contributed by atoms with van der Waals surface area (Å²) in [6.07, 6.45) is 58.7. The minimum Gasteiger partial charge on any atom is -0.466 e. The largest absolute Gasteiger partial charge is 0.466 e. The summed E-state index contributed by atoms with van der Waals surface area (Å²) in [5.74, 6) is -0.0650. The van der Waals surface area contributed by atoms with Gasteiger partial charge in [0.05, 0.1) is 25.4 Å². The van der Waals surface area contributed by atoms with E-state index in [1.165, 1.54) is 167 Å². The highest BCUT2D eigenvalue weighted by atomic mass is 16.5. The Labute approximate surface area is 373 Å². The van der Waals surface area contributed by atoms with Gasteiger partial charge in [0, 0.05) is 12.8 Å². The molecule has 0 rings (SSSR count). The average molecular weight is 846 g/mol. The molecule has 1 amide bonds. The molecule has 6 heteroatoms. The minimum atomic E-state index is -0.673. The number of amides is 1. The number of carbonyl (C=O) groups excluding carboxylic acids is 2. The van der Waals surface area contributed by atoms with E-state index in [-0.39, 0.29) is 18.5 Å². The van der Waals surface area contributed by atoms with Crippen molar-refractivity contribution in [1.82, 2.24) is 5.32 Å². The maximum Gasteiger partial charge on any atom is 0.305 e. The maximum absolute atomic E-state index is 12.4. The number of aliphatic hydroxyl groups is 2. The van der Waals surface area contributed by atoms with Gasteiger partial charge in [-0.2, -0.15) is 0 Å². The Kier molecular flexibility index (Phi) is 48.6. The molecule has 0 aliphatic heterocycles. The zero-order valence-corrected chi connectivity index (χ0v) is 40.2. The third kappa shape index (κ3) is 45.9. The van der Waals surface area contributed by atoms with Crippen LogP contribution in [0.3, 0.4) is 0 Å². The van der Waals surface area contributed by atoms with E-state index in [4.69, 9.17) is 4.74 Å². The normalized spacial score (nSPS) is 12.8. The predicted octanol–water partition coefficient (Wildman–Crippen LogP) is 15.9. The Bertz CT molecular complexity index is 935. The second-order valence-corrected chi connectivity index (χ2v) is 18.2. The molecule has 0 spiro atoms. The van der Waals surface area contributed by atoms with Crippen molar-refractivity contribution >= 4 is 11.9 Å². The topological polar surface area (TPSA) is 95.9 Å². The third-order valence-corrected chi connectivity index (χ3v) is 12.3. The van der Waals surface area contributed by atoms with Gasteiger partial charge >= 0.3 is 5.97 Å². The van der Waals surface area contributed by atoms with Crippen LogP contribution in [0.25, 0.3) is 0 Å². The average Bonchev–Trinajstić information content (AvgIpc) is 3.25. The van der Waals surface area contributed by atoms with Crippen LogP contribution >= 0.6 is 0 Å². The number of esters is 1. The number of ether oxygens (including phenoxy) is 1. The van der Waals surface area contributed by atoms with Crippen LogP contribution in [0.2, 0.25) is 0 Å². The van der Waals surface area contributed by atoms with Crippen molar-refractivity contribution in [1.29, 1.82) is 0 Å². The Balaban J connectivity index is 3.49. The van der Waals surface area contributed by atoms with Gasteiger partial charge in [-0.1, -0.05) is 231 Å². The van der Waals surface area contributed by atoms with Crippen LogP contribution in [-0.4, -0.2) is 47.4 Å². The van der Waals surface area contributed by atoms with Gasteiger partial charge in [0.1, 0.15) is 0 Å². The second kappa shape index (κ2) is 50.0. The van der Waals surface area contributed by atoms with Gasteiger partial charge < -0.3 is 20.3 Å². The van der Waals surface area contributed by atoms with E-state index < -0.39 is 12.1 Å². The highest BCUT2D eigenvalue weighted by Gasteiger charge is 2.20. The van der Waals surface area contributed by atoms with Gasteiger partial charge in [-0.15, -0.1) is 0 Å². The molecular weight excluding hydrogens is 743 g/mol. The van der Waals surface area contributed by atoms with Crippen LogP contribution in [0.1, 0.15) is 284 Å². The molecule has 6 nitrogen and oxygen atoms in total. The van der Waals surface area contributed by atoms with E-state index in [2.05, 4.69) is 43.5 Å². The molecular formula is C54H103NO5. The number of nitrogens with one attached hydrogen (secondary N) is 1. The van der Waals surface area contributed by atoms with Gasteiger partial charge in [-0.25, -0.2) is 0 Å². The molecule has 0 saturated carbocycles. The summed E-state index contributed by atoms with van der Waals surface area (Å²) in [6, 6.07) is -0.552. The van der Waals surface area contributed by atoms with Crippen molar-refractivity contribution in [3.63, 3.8) is 0 Å². The van der Waals surface area contributed by atoms with Gasteiger partial charge in [0.15, 0.2) is 0 Å². The number of carbonyl (C=O) groups is 2. The fraction of sp³-hybridized carbons (Fsp3) is 0.889. The van der Waals surface area contributed by atoms with E-state index in [0.717, 1.165) is 83.5 Å². The summed E-state index contributed by atoms with van der Waals surface area (Å²) >= 11 is 0. The number of unbranched alkanes of at least 4 members (excludes halogenated alkanes) is 34. The molecule has 60 heavy (non-hydrogen) atoms. The first kappa shape index (κ1) is 58.3. The first-order valence-electron chi connectivity index (χ1n) is 26.6. The quantitative estimate of drug-likeness (QED) is 0.0322. The smallest absolute Gasteiger partial charge is 0.305 e. The van der Waals surface area contributed by atoms with Gasteiger partial charge in [0.2, 0.25) is 5.91 Å². The van der Waals surface area contributed by atoms with E-state index in [1.807, 2.05) is 0 Å². The minimum absolute atomic E-state index is 0.0134.